The second kappa shape index (κ2) is 26.3. The van der Waals surface area contributed by atoms with Crippen LogP contribution in [-0.2, 0) is 47.3 Å². The zero-order valence-electron chi connectivity index (χ0n) is 59.0. The standard InChI is InChI=1S/C20H20N.C19H26N.2C16H20N/c1-15-9-7-8-12-18(15)20-13-16(2)19(14-21(20)3)17-10-5-4-6-11-17;1-13(2)9-17-12-20(6)19(11-15(17)4)18-8-7-14(3)10-16(18)5;1-5-14-7-9-16(17(4)11-14)15-8-6-12(2)10-13(15)3;1-5-14-11-17(4)16(10-13(14)3)15-9-7-6-8-12(15)2/h4-14H,1-3H3;7-8,10-13H,9H2,1-6H3;2*6-11H,5H2,1-4H3/q4*+1/i;3D3,9D2;2D3,5D2;5D2. The van der Waals surface area contributed by atoms with Crippen LogP contribution in [0, 0.1) is 68.1 Å². The monoisotopic (exact) mass is 1010 g/mol. The van der Waals surface area contributed by atoms with E-state index in [1.807, 2.05) is 125 Å². The fraction of sp³-hybridized carbons (Fsp3) is 0.296. The third kappa shape index (κ3) is 14.7. The van der Waals surface area contributed by atoms with E-state index >= 15 is 0 Å². The molecule has 0 atom stereocenters. The van der Waals surface area contributed by atoms with E-state index in [0.717, 1.165) is 56.0 Å². The lowest BCUT2D eigenvalue weighted by Crippen LogP contribution is -2.32. The van der Waals surface area contributed by atoms with Crippen LogP contribution in [0.5, 0.6) is 0 Å². The van der Waals surface area contributed by atoms with Crippen LogP contribution in [-0.4, -0.2) is 0 Å². The highest BCUT2D eigenvalue weighted by molar-refractivity contribution is 5.70. The molecular weight excluding hydrogens is 909 g/mol. The summed E-state index contributed by atoms with van der Waals surface area (Å²) in [6.45, 7) is 16.8. The van der Waals surface area contributed by atoms with Crippen molar-refractivity contribution in [3.8, 4) is 56.2 Å². The maximum absolute atomic E-state index is 8.36. The number of hydrogen-bond acceptors (Lipinski definition) is 0. The van der Waals surface area contributed by atoms with Gasteiger partial charge in [-0.25, -0.2) is 18.3 Å². The van der Waals surface area contributed by atoms with Crippen LogP contribution in [0.2, 0.25) is 0 Å². The van der Waals surface area contributed by atoms with Crippen molar-refractivity contribution in [1.82, 2.24) is 0 Å². The first-order valence-electron chi connectivity index (χ1n) is 31.7. The number of aromatic nitrogens is 4. The van der Waals surface area contributed by atoms with E-state index in [9.17, 15) is 0 Å². The molecule has 5 aromatic carbocycles. The Hall–Kier alpha value is -7.30. The molecule has 4 nitrogen and oxygen atoms in total. The van der Waals surface area contributed by atoms with Crippen molar-refractivity contribution >= 4 is 0 Å². The molecule has 386 valence electrons. The molecule has 0 amide bonds. The highest BCUT2D eigenvalue weighted by Crippen LogP contribution is 2.28. The van der Waals surface area contributed by atoms with Crippen LogP contribution in [0.1, 0.15) is 111 Å². The molecule has 75 heavy (non-hydrogen) atoms. The molecule has 4 aromatic heterocycles. The predicted molar refractivity (Wildman–Crippen MR) is 318 cm³/mol. The van der Waals surface area contributed by atoms with Crippen LogP contribution in [0.4, 0.5) is 0 Å². The number of aryl methyl sites for hydroxylation is 15. The van der Waals surface area contributed by atoms with Crippen LogP contribution in [0.15, 0.2) is 170 Å². The van der Waals surface area contributed by atoms with E-state index in [-0.39, 0.29) is 5.92 Å². The van der Waals surface area contributed by atoms with Crippen LogP contribution >= 0.6 is 0 Å². The zero-order chi connectivity index (χ0) is 64.9. The Balaban J connectivity index is 0.000000186. The summed E-state index contributed by atoms with van der Waals surface area (Å²) >= 11 is 0. The van der Waals surface area contributed by atoms with Gasteiger partial charge in [0.1, 0.15) is 28.2 Å². The predicted octanol–water partition coefficient (Wildman–Crippen LogP) is 15.5. The minimum Gasteiger partial charge on any atom is -0.201 e. The van der Waals surface area contributed by atoms with Gasteiger partial charge in [0.05, 0.1) is 0 Å². The Morgan fingerprint density at radius 3 is 1.28 bits per heavy atom. The molecule has 0 saturated heterocycles. The Morgan fingerprint density at radius 1 is 0.387 bits per heavy atom. The Bertz CT molecular complexity index is 3830. The summed E-state index contributed by atoms with van der Waals surface area (Å²) in [7, 11) is 7.84. The Kier molecular flexibility index (Phi) is 14.7. The number of pyridine rings is 4. The van der Waals surface area contributed by atoms with Gasteiger partial charge in [0, 0.05) is 85.2 Å². The lowest BCUT2D eigenvalue weighted by Gasteiger charge is -2.11. The van der Waals surface area contributed by atoms with Crippen molar-refractivity contribution in [1.29, 1.82) is 0 Å². The zero-order valence-corrected chi connectivity index (χ0v) is 47.0. The second-order valence-electron chi connectivity index (χ2n) is 19.9. The molecule has 0 spiro atoms. The van der Waals surface area contributed by atoms with Gasteiger partial charge < -0.3 is 0 Å². The minimum atomic E-state index is -2.11. The molecule has 0 aliphatic heterocycles. The van der Waals surface area contributed by atoms with Gasteiger partial charge in [-0.3, -0.25) is 0 Å². The number of hydrogen-bond donors (Lipinski definition) is 0. The van der Waals surface area contributed by atoms with Crippen molar-refractivity contribution in [3.05, 3.63) is 237 Å². The molecule has 9 rings (SSSR count). The van der Waals surface area contributed by atoms with Gasteiger partial charge in [-0.15, -0.1) is 0 Å². The highest BCUT2D eigenvalue weighted by Gasteiger charge is 2.19. The van der Waals surface area contributed by atoms with E-state index in [0.29, 0.717) is 22.3 Å². The summed E-state index contributed by atoms with van der Waals surface area (Å²) in [6, 6.07) is 47.6. The number of nitrogens with zero attached hydrogens (tertiary/aromatic N) is 4. The van der Waals surface area contributed by atoms with E-state index in [4.69, 9.17) is 16.4 Å². The first-order chi connectivity index (χ1) is 40.3. The Labute approximate surface area is 469 Å². The summed E-state index contributed by atoms with van der Waals surface area (Å²) in [5.74, 6) is -0.127. The normalized spacial score (nSPS) is 14.0. The van der Waals surface area contributed by atoms with Gasteiger partial charge in [0.25, 0.3) is 0 Å². The quantitative estimate of drug-likeness (QED) is 0.128. The molecule has 0 aliphatic carbocycles. The molecule has 0 unspecified atom stereocenters. The summed E-state index contributed by atoms with van der Waals surface area (Å²) in [4.78, 5) is 0. The smallest absolute Gasteiger partial charge is 0.201 e. The van der Waals surface area contributed by atoms with E-state index < -0.39 is 32.8 Å². The van der Waals surface area contributed by atoms with Crippen LogP contribution < -0.4 is 18.3 Å². The molecule has 4 heteroatoms. The SMILES string of the molecule is Cc1cc(-c2ccccc2C)[n+](C)cc1-c1ccccc1.[2H]C([2H])(C)c1c[n+](C)c(-c2ccccc2C)cc1C.[2H]C([2H])([2H])c1ccc(-c2cc(C)c(C([2H])([2H])C(C)C)c[n+]2C)c(C)c1.[2H]C([2H])([2H])c1ccc(-c2ccc(C([2H])([2H])C)c[n+]2C)c(C)c1. The van der Waals surface area contributed by atoms with E-state index in [1.54, 1.807) is 43.5 Å². The Morgan fingerprint density at radius 2 is 0.813 bits per heavy atom. The highest BCUT2D eigenvalue weighted by atomic mass is 14.9. The molecule has 0 saturated carbocycles. The second-order valence-corrected chi connectivity index (χ2v) is 19.9. The molecule has 0 aliphatic rings. The summed E-state index contributed by atoms with van der Waals surface area (Å²) < 4.78 is 101. The van der Waals surface area contributed by atoms with Crippen molar-refractivity contribution in [2.45, 2.75) is 109 Å². The fourth-order valence-corrected chi connectivity index (χ4v) is 9.35. The van der Waals surface area contributed by atoms with Crippen molar-refractivity contribution in [3.63, 3.8) is 0 Å². The van der Waals surface area contributed by atoms with Crippen molar-refractivity contribution in [2.24, 2.45) is 34.1 Å². The van der Waals surface area contributed by atoms with Crippen molar-refractivity contribution < 1.29 is 34.7 Å². The number of rotatable bonds is 9. The summed E-state index contributed by atoms with van der Waals surface area (Å²) in [5, 5.41) is 0. The maximum atomic E-state index is 8.36. The molecule has 0 N–H and O–H groups in total. The van der Waals surface area contributed by atoms with Crippen LogP contribution in [0.25, 0.3) is 56.2 Å². The molecular formula is C71H86N4+4. The van der Waals surface area contributed by atoms with E-state index in [1.165, 1.54) is 51.6 Å². The van der Waals surface area contributed by atoms with Gasteiger partial charge in [-0.05, 0) is 162 Å². The molecule has 0 radical (unpaired) electrons. The lowest BCUT2D eigenvalue weighted by atomic mass is 9.97. The third-order valence-electron chi connectivity index (χ3n) is 13.5. The molecule has 0 fully saturated rings. The minimum absolute atomic E-state index is 0.127. The van der Waals surface area contributed by atoms with Crippen molar-refractivity contribution in [2.75, 3.05) is 0 Å². The average Bonchev–Trinajstić information content (AvgIpc) is 1.01. The third-order valence-corrected chi connectivity index (χ3v) is 13.5. The first-order valence-corrected chi connectivity index (χ1v) is 25.7. The maximum Gasteiger partial charge on any atom is 0.212 e. The van der Waals surface area contributed by atoms with Gasteiger partial charge in [0.2, 0.25) is 22.8 Å². The number of benzene rings is 5. The molecule has 9 aromatic rings. The molecule has 4 heterocycles. The van der Waals surface area contributed by atoms with Gasteiger partial charge in [-0.2, -0.15) is 0 Å². The lowest BCUT2D eigenvalue weighted by molar-refractivity contribution is -0.661. The summed E-state index contributed by atoms with van der Waals surface area (Å²) in [6.07, 6.45) is 3.64. The van der Waals surface area contributed by atoms with Gasteiger partial charge in [-0.1, -0.05) is 130 Å². The van der Waals surface area contributed by atoms with Crippen LogP contribution in [0.3, 0.4) is 0 Å². The first kappa shape index (κ1) is 42.0. The largest absolute Gasteiger partial charge is 0.212 e. The van der Waals surface area contributed by atoms with E-state index in [2.05, 4.69) is 117 Å². The summed E-state index contributed by atoms with van der Waals surface area (Å²) in [5.41, 5.74) is 21.4. The topological polar surface area (TPSA) is 15.5 Å². The molecule has 0 bridgehead atoms. The van der Waals surface area contributed by atoms with Gasteiger partial charge in [0.15, 0.2) is 24.8 Å². The fourth-order valence-electron chi connectivity index (χ4n) is 9.35. The van der Waals surface area contributed by atoms with Gasteiger partial charge >= 0.3 is 0 Å². The average molecular weight is 1010 g/mol.